The van der Waals surface area contributed by atoms with Gasteiger partial charge in [-0.15, -0.1) is 5.10 Å². The Kier molecular flexibility index (Phi) is 4.32. The Morgan fingerprint density at radius 2 is 1.90 bits per heavy atom. The Hall–Kier alpha value is -2.28. The number of hydrogen-bond donors (Lipinski definition) is 1. The number of hydrogen-bond acceptors (Lipinski definition) is 5. The molecular weight excluding hydrogens is 270 g/mol. The lowest BCUT2D eigenvalue weighted by molar-refractivity contribution is -0.384. The quantitative estimate of drug-likeness (QED) is 0.674. The van der Waals surface area contributed by atoms with Crippen molar-refractivity contribution in [3.8, 4) is 0 Å². The lowest BCUT2D eigenvalue weighted by Gasteiger charge is -2.17. The zero-order valence-corrected chi connectivity index (χ0v) is 12.4. The second-order valence-electron chi connectivity index (χ2n) is 5.85. The molecule has 0 bridgehead atoms. The van der Waals surface area contributed by atoms with Crippen LogP contribution in [0.15, 0.2) is 30.5 Å². The van der Waals surface area contributed by atoms with Gasteiger partial charge in [-0.05, 0) is 26.3 Å². The van der Waals surface area contributed by atoms with E-state index in [0.29, 0.717) is 13.1 Å². The zero-order valence-electron chi connectivity index (χ0n) is 12.4. The molecule has 7 nitrogen and oxygen atoms in total. The normalized spacial score (nSPS) is 11.6. The van der Waals surface area contributed by atoms with Crippen LogP contribution >= 0.6 is 0 Å². The Balaban J connectivity index is 1.86. The molecule has 21 heavy (non-hydrogen) atoms. The molecule has 0 saturated heterocycles. The van der Waals surface area contributed by atoms with Gasteiger partial charge < -0.3 is 5.32 Å². The molecule has 0 radical (unpaired) electrons. The minimum atomic E-state index is -0.401. The van der Waals surface area contributed by atoms with Gasteiger partial charge in [0.2, 0.25) is 0 Å². The van der Waals surface area contributed by atoms with Crippen molar-refractivity contribution < 1.29 is 4.92 Å². The molecule has 0 aliphatic heterocycles. The fraction of sp³-hybridized carbons (Fsp3) is 0.429. The molecule has 1 aromatic carbocycles. The highest BCUT2D eigenvalue weighted by Crippen LogP contribution is 2.13. The van der Waals surface area contributed by atoms with Gasteiger partial charge >= 0.3 is 0 Å². The van der Waals surface area contributed by atoms with Crippen LogP contribution in [0.5, 0.6) is 0 Å². The largest absolute Gasteiger partial charge is 0.307 e. The van der Waals surface area contributed by atoms with E-state index in [1.165, 1.54) is 12.1 Å². The third kappa shape index (κ3) is 4.09. The van der Waals surface area contributed by atoms with Crippen LogP contribution < -0.4 is 5.32 Å². The van der Waals surface area contributed by atoms with E-state index in [1.54, 1.807) is 12.1 Å². The maximum Gasteiger partial charge on any atom is 0.269 e. The van der Waals surface area contributed by atoms with Crippen LogP contribution in [0.4, 0.5) is 5.69 Å². The Morgan fingerprint density at radius 3 is 2.43 bits per heavy atom. The van der Waals surface area contributed by atoms with Crippen LogP contribution in [0.2, 0.25) is 0 Å². The molecule has 1 heterocycles. The van der Waals surface area contributed by atoms with Gasteiger partial charge in [-0.1, -0.05) is 17.3 Å². The van der Waals surface area contributed by atoms with Crippen LogP contribution in [0.3, 0.4) is 0 Å². The predicted molar refractivity (Wildman–Crippen MR) is 78.7 cm³/mol. The van der Waals surface area contributed by atoms with Crippen LogP contribution in [0, 0.1) is 10.1 Å². The van der Waals surface area contributed by atoms with E-state index in [9.17, 15) is 10.1 Å². The van der Waals surface area contributed by atoms with Gasteiger partial charge in [0.1, 0.15) is 0 Å². The summed E-state index contributed by atoms with van der Waals surface area (Å²) in [7, 11) is 0. The number of nitro benzene ring substituents is 1. The van der Waals surface area contributed by atoms with E-state index < -0.39 is 4.92 Å². The summed E-state index contributed by atoms with van der Waals surface area (Å²) in [5.41, 5.74) is 1.88. The summed E-state index contributed by atoms with van der Waals surface area (Å²) in [6.07, 6.45) is 1.92. The molecule has 0 unspecified atom stereocenters. The van der Waals surface area contributed by atoms with Gasteiger partial charge in [-0.3, -0.25) is 10.1 Å². The first-order valence-corrected chi connectivity index (χ1v) is 6.72. The Morgan fingerprint density at radius 1 is 1.24 bits per heavy atom. The number of rotatable bonds is 5. The lowest BCUT2D eigenvalue weighted by atomic mass is 10.1. The molecule has 0 aliphatic carbocycles. The van der Waals surface area contributed by atoms with Crippen molar-refractivity contribution >= 4 is 5.69 Å². The lowest BCUT2D eigenvalue weighted by Crippen LogP contribution is -2.22. The third-order valence-electron chi connectivity index (χ3n) is 3.01. The summed E-state index contributed by atoms with van der Waals surface area (Å²) in [5.74, 6) is 0. The molecule has 0 amide bonds. The van der Waals surface area contributed by atoms with Gasteiger partial charge in [-0.25, -0.2) is 4.68 Å². The van der Waals surface area contributed by atoms with E-state index >= 15 is 0 Å². The van der Waals surface area contributed by atoms with Crippen molar-refractivity contribution in [2.24, 2.45) is 0 Å². The molecular formula is C14H19N5O2. The smallest absolute Gasteiger partial charge is 0.269 e. The number of non-ortho nitro benzene ring substituents is 1. The molecule has 0 fully saturated rings. The molecule has 1 aromatic heterocycles. The van der Waals surface area contributed by atoms with E-state index in [1.807, 2.05) is 10.9 Å². The number of nitrogens with one attached hydrogen (secondary N) is 1. The second-order valence-corrected chi connectivity index (χ2v) is 5.85. The maximum absolute atomic E-state index is 10.6. The molecule has 0 aliphatic rings. The minimum absolute atomic E-state index is 0.0797. The summed E-state index contributed by atoms with van der Waals surface area (Å²) in [4.78, 5) is 10.2. The van der Waals surface area contributed by atoms with Gasteiger partial charge in [0.15, 0.2) is 0 Å². The molecule has 0 saturated carbocycles. The summed E-state index contributed by atoms with van der Waals surface area (Å²) in [6.45, 7) is 7.43. The van der Waals surface area contributed by atoms with Crippen LogP contribution in [-0.4, -0.2) is 19.9 Å². The number of benzene rings is 1. The molecule has 7 heteroatoms. The molecule has 2 aromatic rings. The highest BCUT2D eigenvalue weighted by Gasteiger charge is 2.14. The monoisotopic (exact) mass is 289 g/mol. The van der Waals surface area contributed by atoms with Crippen LogP contribution in [0.1, 0.15) is 32.0 Å². The highest BCUT2D eigenvalue weighted by atomic mass is 16.6. The molecule has 112 valence electrons. The summed E-state index contributed by atoms with van der Waals surface area (Å²) >= 11 is 0. The van der Waals surface area contributed by atoms with E-state index in [0.717, 1.165) is 11.3 Å². The standard InChI is InChI=1S/C14H19N5O2/c1-14(2,3)18-10-12(16-17-18)9-15-8-11-4-6-13(7-5-11)19(20)21/h4-7,10,15H,8-9H2,1-3H3. The zero-order chi connectivity index (χ0) is 15.5. The van der Waals surface area contributed by atoms with Crippen molar-refractivity contribution in [1.29, 1.82) is 0 Å². The number of nitro groups is 1. The van der Waals surface area contributed by atoms with Crippen molar-refractivity contribution in [2.45, 2.75) is 39.4 Å². The van der Waals surface area contributed by atoms with Gasteiger partial charge in [0, 0.05) is 25.2 Å². The van der Waals surface area contributed by atoms with Crippen molar-refractivity contribution in [3.63, 3.8) is 0 Å². The molecule has 1 N–H and O–H groups in total. The SMILES string of the molecule is CC(C)(C)n1cc(CNCc2ccc([N+](=O)[O-])cc2)nn1. The number of nitrogens with zero attached hydrogens (tertiary/aromatic N) is 4. The minimum Gasteiger partial charge on any atom is -0.307 e. The van der Waals surface area contributed by atoms with Crippen LogP contribution in [0.25, 0.3) is 0 Å². The Bertz CT molecular complexity index is 613. The van der Waals surface area contributed by atoms with E-state index in [2.05, 4.69) is 36.4 Å². The summed E-state index contributed by atoms with van der Waals surface area (Å²) < 4.78 is 1.83. The molecule has 0 spiro atoms. The summed E-state index contributed by atoms with van der Waals surface area (Å²) in [6, 6.07) is 6.51. The van der Waals surface area contributed by atoms with Gasteiger partial charge in [0.05, 0.1) is 22.4 Å². The van der Waals surface area contributed by atoms with Gasteiger partial charge in [0.25, 0.3) is 5.69 Å². The molecule has 2 rings (SSSR count). The predicted octanol–water partition coefficient (Wildman–Crippen LogP) is 2.23. The average molecular weight is 289 g/mol. The van der Waals surface area contributed by atoms with Crippen molar-refractivity contribution in [1.82, 2.24) is 20.3 Å². The second kappa shape index (κ2) is 6.01. The average Bonchev–Trinajstić information content (AvgIpc) is 2.88. The summed E-state index contributed by atoms with van der Waals surface area (Å²) in [5, 5.41) is 22.0. The van der Waals surface area contributed by atoms with E-state index in [-0.39, 0.29) is 11.2 Å². The highest BCUT2D eigenvalue weighted by molar-refractivity contribution is 5.32. The third-order valence-corrected chi connectivity index (χ3v) is 3.01. The topological polar surface area (TPSA) is 85.9 Å². The fourth-order valence-electron chi connectivity index (χ4n) is 1.78. The van der Waals surface area contributed by atoms with Gasteiger partial charge in [-0.2, -0.15) is 0 Å². The molecule has 0 atom stereocenters. The van der Waals surface area contributed by atoms with E-state index in [4.69, 9.17) is 0 Å². The first-order chi connectivity index (χ1) is 9.86. The number of aromatic nitrogens is 3. The van der Waals surface area contributed by atoms with Crippen molar-refractivity contribution in [2.75, 3.05) is 0 Å². The Labute approximate surface area is 123 Å². The van der Waals surface area contributed by atoms with Crippen molar-refractivity contribution in [3.05, 3.63) is 51.8 Å². The fourth-order valence-corrected chi connectivity index (χ4v) is 1.78. The maximum atomic E-state index is 10.6. The van der Waals surface area contributed by atoms with Crippen LogP contribution in [-0.2, 0) is 18.6 Å². The first kappa shape index (κ1) is 15.1. The first-order valence-electron chi connectivity index (χ1n) is 6.72.